The van der Waals surface area contributed by atoms with Crippen LogP contribution in [0.5, 0.6) is 0 Å². The Hall–Kier alpha value is -0.247. The van der Waals surface area contributed by atoms with E-state index >= 15 is 0 Å². The van der Waals surface area contributed by atoms with E-state index < -0.39 is 12.2 Å². The number of aliphatic hydroxyl groups is 1. The van der Waals surface area contributed by atoms with Gasteiger partial charge in [-0.3, -0.25) is 4.79 Å². The van der Waals surface area contributed by atoms with Crippen molar-refractivity contribution in [3.63, 3.8) is 0 Å². The summed E-state index contributed by atoms with van der Waals surface area (Å²) in [5, 5.41) is 9.29. The van der Waals surface area contributed by atoms with Crippen LogP contribution in [0.3, 0.4) is 0 Å². The fourth-order valence-corrected chi connectivity index (χ4v) is 0.617. The van der Waals surface area contributed by atoms with Gasteiger partial charge < -0.3 is 14.6 Å². The fourth-order valence-electron chi connectivity index (χ4n) is 0.617. The maximum absolute atomic E-state index is 11.2. The zero-order valence-electron chi connectivity index (χ0n) is 8.76. The Balaban J connectivity index is 0. The maximum Gasteiger partial charge on any atom is 0.187 e. The molecule has 0 aliphatic heterocycles. The molecule has 0 aromatic carbocycles. The zero-order valence-corrected chi connectivity index (χ0v) is 10.5. The Kier molecular flexibility index (Phi) is 9.36. The first kappa shape index (κ1) is 16.2. The molecule has 0 spiro atoms. The molecule has 0 fully saturated rings. The second-order valence-electron chi connectivity index (χ2n) is 2.73. The summed E-state index contributed by atoms with van der Waals surface area (Å²) in [6, 6.07) is 0. The number of hydrogen-bond donors (Lipinski definition) is 1. The molecule has 0 aliphatic rings. The standard InChI is InChI=1S/C9H16O4.Ru/c1-6(12-3)8(10)5-9(11)7(2)13-4;/h5-7,10H,1-4H3;/b8-5-;. The van der Waals surface area contributed by atoms with Gasteiger partial charge in [0.15, 0.2) is 5.78 Å². The first-order valence-corrected chi connectivity index (χ1v) is 4.03. The van der Waals surface area contributed by atoms with Crippen molar-refractivity contribution in [1.82, 2.24) is 0 Å². The molecule has 0 radical (unpaired) electrons. The molecule has 2 unspecified atom stereocenters. The summed E-state index contributed by atoms with van der Waals surface area (Å²) in [7, 11) is 2.89. The van der Waals surface area contributed by atoms with Crippen molar-refractivity contribution >= 4 is 5.78 Å². The van der Waals surface area contributed by atoms with E-state index in [1.807, 2.05) is 0 Å². The van der Waals surface area contributed by atoms with Crippen molar-refractivity contribution in [2.45, 2.75) is 26.1 Å². The minimum atomic E-state index is -0.536. The summed E-state index contributed by atoms with van der Waals surface area (Å²) < 4.78 is 9.60. The first-order valence-electron chi connectivity index (χ1n) is 4.03. The van der Waals surface area contributed by atoms with Gasteiger partial charge in [-0.05, 0) is 13.8 Å². The number of methoxy groups -OCH3 is 2. The number of carbonyl (C=O) groups is 1. The summed E-state index contributed by atoms with van der Waals surface area (Å²) in [4.78, 5) is 11.2. The fraction of sp³-hybridized carbons (Fsp3) is 0.667. The van der Waals surface area contributed by atoms with Crippen molar-refractivity contribution < 1.29 is 38.9 Å². The van der Waals surface area contributed by atoms with Crippen LogP contribution in [0.1, 0.15) is 13.8 Å². The molecule has 5 heteroatoms. The number of ketones is 1. The monoisotopic (exact) mass is 290 g/mol. The van der Waals surface area contributed by atoms with E-state index in [2.05, 4.69) is 0 Å². The van der Waals surface area contributed by atoms with Crippen LogP contribution in [0.15, 0.2) is 11.8 Å². The molecule has 4 nitrogen and oxygen atoms in total. The van der Waals surface area contributed by atoms with Gasteiger partial charge in [0, 0.05) is 39.8 Å². The van der Waals surface area contributed by atoms with Gasteiger partial charge in [-0.15, -0.1) is 0 Å². The van der Waals surface area contributed by atoms with Gasteiger partial charge >= 0.3 is 0 Å². The maximum atomic E-state index is 11.2. The summed E-state index contributed by atoms with van der Waals surface area (Å²) in [5.41, 5.74) is 0. The SMILES string of the molecule is COC(C)C(=O)/C=C(\O)C(C)OC.[Ru]. The Morgan fingerprint density at radius 1 is 1.21 bits per heavy atom. The van der Waals surface area contributed by atoms with Gasteiger partial charge in [0.2, 0.25) is 0 Å². The van der Waals surface area contributed by atoms with Gasteiger partial charge in [-0.25, -0.2) is 0 Å². The van der Waals surface area contributed by atoms with Crippen molar-refractivity contribution in [3.8, 4) is 0 Å². The average Bonchev–Trinajstić information content (AvgIpc) is 2.14. The van der Waals surface area contributed by atoms with Crippen LogP contribution >= 0.6 is 0 Å². The number of aliphatic hydroxyl groups excluding tert-OH is 1. The largest absolute Gasteiger partial charge is 0.509 e. The molecule has 0 aliphatic carbocycles. The first-order chi connectivity index (χ1) is 6.02. The molecule has 0 heterocycles. The minimum absolute atomic E-state index is 0. The van der Waals surface area contributed by atoms with E-state index in [0.717, 1.165) is 6.08 Å². The van der Waals surface area contributed by atoms with Crippen LogP contribution in [0.4, 0.5) is 0 Å². The molecule has 84 valence electrons. The zero-order chi connectivity index (χ0) is 10.4. The Labute approximate surface area is 97.0 Å². The summed E-state index contributed by atoms with van der Waals surface area (Å²) in [6.07, 6.45) is 0.127. The molecule has 0 bridgehead atoms. The summed E-state index contributed by atoms with van der Waals surface area (Å²) in [6.45, 7) is 3.26. The Morgan fingerprint density at radius 2 is 1.64 bits per heavy atom. The van der Waals surface area contributed by atoms with Gasteiger partial charge in [-0.2, -0.15) is 0 Å². The summed E-state index contributed by atoms with van der Waals surface area (Å²) in [5.74, 6) is -0.361. The van der Waals surface area contributed by atoms with Gasteiger partial charge in [0.25, 0.3) is 0 Å². The van der Waals surface area contributed by atoms with Crippen LogP contribution in [-0.2, 0) is 33.7 Å². The van der Waals surface area contributed by atoms with Crippen molar-refractivity contribution in [1.29, 1.82) is 0 Å². The van der Waals surface area contributed by atoms with E-state index in [-0.39, 0.29) is 31.0 Å². The molecule has 2 atom stereocenters. The number of hydrogen-bond acceptors (Lipinski definition) is 4. The van der Waals surface area contributed by atoms with Crippen molar-refractivity contribution in [2.24, 2.45) is 0 Å². The van der Waals surface area contributed by atoms with Crippen LogP contribution in [0.25, 0.3) is 0 Å². The topological polar surface area (TPSA) is 55.8 Å². The number of rotatable bonds is 5. The van der Waals surface area contributed by atoms with Gasteiger partial charge in [-0.1, -0.05) is 0 Å². The van der Waals surface area contributed by atoms with Crippen molar-refractivity contribution in [2.75, 3.05) is 14.2 Å². The van der Waals surface area contributed by atoms with E-state index in [4.69, 9.17) is 9.47 Å². The normalized spacial score (nSPS) is 15.6. The number of carbonyl (C=O) groups excluding carboxylic acids is 1. The molecular formula is C9H16O4Ru. The molecule has 0 rings (SSSR count). The molecule has 0 saturated carbocycles. The van der Waals surface area contributed by atoms with Crippen LogP contribution in [0.2, 0.25) is 0 Å². The van der Waals surface area contributed by atoms with Crippen LogP contribution < -0.4 is 0 Å². The smallest absolute Gasteiger partial charge is 0.187 e. The quantitative estimate of drug-likeness (QED) is 0.467. The van der Waals surface area contributed by atoms with Crippen molar-refractivity contribution in [3.05, 3.63) is 11.8 Å². The third kappa shape index (κ3) is 5.48. The predicted octanol–water partition coefficient (Wildman–Crippen LogP) is 1.06. The molecule has 0 amide bonds. The number of ether oxygens (including phenoxy) is 2. The Morgan fingerprint density at radius 3 is 2.00 bits per heavy atom. The van der Waals surface area contributed by atoms with Crippen LogP contribution in [0, 0.1) is 0 Å². The second kappa shape index (κ2) is 8.09. The molecule has 14 heavy (non-hydrogen) atoms. The third-order valence-corrected chi connectivity index (χ3v) is 1.81. The molecule has 0 saturated heterocycles. The van der Waals surface area contributed by atoms with E-state index in [1.54, 1.807) is 13.8 Å². The average molecular weight is 289 g/mol. The minimum Gasteiger partial charge on any atom is -0.509 e. The third-order valence-electron chi connectivity index (χ3n) is 1.81. The van der Waals surface area contributed by atoms with Crippen LogP contribution in [-0.4, -0.2) is 37.3 Å². The van der Waals surface area contributed by atoms with E-state index in [9.17, 15) is 9.90 Å². The summed E-state index contributed by atoms with van der Waals surface area (Å²) >= 11 is 0. The predicted molar refractivity (Wildman–Crippen MR) is 48.7 cm³/mol. The molecular weight excluding hydrogens is 273 g/mol. The van der Waals surface area contributed by atoms with Gasteiger partial charge in [0.1, 0.15) is 18.0 Å². The Bertz CT molecular complexity index is 203. The second-order valence-corrected chi connectivity index (χ2v) is 2.73. The molecule has 0 aromatic heterocycles. The molecule has 0 aromatic rings. The van der Waals surface area contributed by atoms with Gasteiger partial charge in [0.05, 0.1) is 0 Å². The van der Waals surface area contributed by atoms with E-state index in [0.29, 0.717) is 0 Å². The molecule has 1 N–H and O–H groups in total. The van der Waals surface area contributed by atoms with E-state index in [1.165, 1.54) is 14.2 Å².